The summed E-state index contributed by atoms with van der Waals surface area (Å²) in [4.78, 5) is 21.5. The van der Waals surface area contributed by atoms with Crippen LogP contribution in [0.4, 0.5) is 0 Å². The van der Waals surface area contributed by atoms with Gasteiger partial charge in [-0.05, 0) is 29.2 Å². The highest BCUT2D eigenvalue weighted by Gasteiger charge is 2.26. The fourth-order valence-corrected chi connectivity index (χ4v) is 2.70. The number of aliphatic hydroxyl groups excluding tert-OH is 1. The van der Waals surface area contributed by atoms with E-state index in [2.05, 4.69) is 16.7 Å². The van der Waals surface area contributed by atoms with Crippen LogP contribution in [0.15, 0.2) is 72.2 Å². The monoisotopic (exact) mass is 348 g/mol. The topological polar surface area (TPSA) is 71.8 Å². The largest absolute Gasteiger partial charge is 0.395 e. The van der Waals surface area contributed by atoms with Gasteiger partial charge in [0.2, 0.25) is 0 Å². The molecular weight excluding hydrogens is 328 g/mol. The Morgan fingerprint density at radius 2 is 2.23 bits per heavy atom. The van der Waals surface area contributed by atoms with Crippen molar-refractivity contribution in [3.63, 3.8) is 0 Å². The van der Waals surface area contributed by atoms with Crippen LogP contribution < -0.4 is 0 Å². The van der Waals surface area contributed by atoms with Gasteiger partial charge in [0.05, 0.1) is 6.21 Å². The lowest BCUT2D eigenvalue weighted by Gasteiger charge is -2.19. The maximum absolute atomic E-state index is 12.3. The van der Waals surface area contributed by atoms with Crippen molar-refractivity contribution in [2.45, 2.75) is 18.9 Å². The average Bonchev–Trinajstić information content (AvgIpc) is 2.67. The van der Waals surface area contributed by atoms with E-state index in [9.17, 15) is 9.90 Å². The Hall–Kier alpha value is -3.05. The Labute approximate surface area is 152 Å². The second-order valence-corrected chi connectivity index (χ2v) is 6.05. The molecule has 0 fully saturated rings. The van der Waals surface area contributed by atoms with Crippen molar-refractivity contribution in [1.82, 2.24) is 4.98 Å². The molecule has 1 aliphatic rings. The maximum Gasteiger partial charge on any atom is 0.195 e. The molecule has 1 atom stereocenters. The average molecular weight is 348 g/mol. The molecule has 0 radical (unpaired) electrons. The van der Waals surface area contributed by atoms with E-state index < -0.39 is 6.10 Å². The van der Waals surface area contributed by atoms with E-state index in [0.29, 0.717) is 30.6 Å². The van der Waals surface area contributed by atoms with Gasteiger partial charge in [-0.3, -0.25) is 9.78 Å². The molecule has 0 bridgehead atoms. The number of Topliss-reactive ketones (excluding diaryl/α,β-unsaturated/α-hetero) is 1. The lowest BCUT2D eigenvalue weighted by atomic mass is 9.87. The van der Waals surface area contributed by atoms with E-state index in [1.807, 2.05) is 42.5 Å². The minimum atomic E-state index is -1.11. The number of rotatable bonds is 6. The molecule has 26 heavy (non-hydrogen) atoms. The second kappa shape index (κ2) is 8.36. The Morgan fingerprint density at radius 1 is 1.35 bits per heavy atom. The number of aliphatic hydroxyl groups is 1. The summed E-state index contributed by atoms with van der Waals surface area (Å²) in [5.41, 5.74) is 3.79. The van der Waals surface area contributed by atoms with E-state index >= 15 is 0 Å². The molecule has 0 saturated carbocycles. The molecule has 0 aliphatic heterocycles. The Balaban J connectivity index is 1.59. The molecule has 1 aromatic heterocycles. The van der Waals surface area contributed by atoms with E-state index in [1.54, 1.807) is 18.6 Å². The van der Waals surface area contributed by atoms with Crippen molar-refractivity contribution in [3.05, 3.63) is 83.7 Å². The maximum atomic E-state index is 12.3. The van der Waals surface area contributed by atoms with Crippen LogP contribution in [0.1, 0.15) is 23.1 Å². The highest BCUT2D eigenvalue weighted by molar-refractivity contribution is 6.24. The van der Waals surface area contributed by atoms with Gasteiger partial charge in [-0.25, -0.2) is 0 Å². The zero-order chi connectivity index (χ0) is 18.4. The van der Waals surface area contributed by atoms with Crippen LogP contribution in [0.25, 0.3) is 5.57 Å². The van der Waals surface area contributed by atoms with Gasteiger partial charge in [-0.15, -0.1) is 0 Å². The summed E-state index contributed by atoms with van der Waals surface area (Å²) >= 11 is 0. The molecule has 5 nitrogen and oxygen atoms in total. The number of pyridine rings is 1. The van der Waals surface area contributed by atoms with Crippen molar-refractivity contribution in [3.8, 4) is 0 Å². The third-order valence-corrected chi connectivity index (χ3v) is 4.15. The first kappa shape index (κ1) is 17.8. The fraction of sp³-hybridized carbons (Fsp3) is 0.190. The van der Waals surface area contributed by atoms with Gasteiger partial charge >= 0.3 is 0 Å². The van der Waals surface area contributed by atoms with E-state index in [1.165, 1.54) is 0 Å². The highest BCUT2D eigenvalue weighted by Crippen LogP contribution is 2.27. The van der Waals surface area contributed by atoms with Crippen molar-refractivity contribution in [1.29, 1.82) is 0 Å². The van der Waals surface area contributed by atoms with Crippen LogP contribution in [-0.4, -0.2) is 34.8 Å². The zero-order valence-corrected chi connectivity index (χ0v) is 14.3. The van der Waals surface area contributed by atoms with Crippen molar-refractivity contribution in [2.75, 3.05) is 6.61 Å². The van der Waals surface area contributed by atoms with Crippen LogP contribution in [0.5, 0.6) is 0 Å². The summed E-state index contributed by atoms with van der Waals surface area (Å²) in [6.07, 6.45) is 6.91. The highest BCUT2D eigenvalue weighted by atomic mass is 16.6. The standard InChI is InChI=1S/C21H20N2O3/c1-15-7-8-19(21(25)20(15)24)18-6-2-4-16(12-18)9-11-26-23-14-17-5-3-10-22-13-17/h2-6,8,10,12-14,20,24H,1,7,9,11H2. The van der Waals surface area contributed by atoms with Gasteiger partial charge in [-0.2, -0.15) is 0 Å². The summed E-state index contributed by atoms with van der Waals surface area (Å²) in [6.45, 7) is 4.15. The van der Waals surface area contributed by atoms with E-state index in [-0.39, 0.29) is 5.78 Å². The minimum absolute atomic E-state index is 0.296. The van der Waals surface area contributed by atoms with Gasteiger partial charge in [0.15, 0.2) is 5.78 Å². The van der Waals surface area contributed by atoms with Crippen molar-refractivity contribution >= 4 is 17.6 Å². The van der Waals surface area contributed by atoms with Crippen LogP contribution in [0.3, 0.4) is 0 Å². The Bertz CT molecular complexity index is 857. The number of oxime groups is 1. The number of hydrogen-bond donors (Lipinski definition) is 1. The molecule has 1 unspecified atom stereocenters. The lowest BCUT2D eigenvalue weighted by molar-refractivity contribution is -0.120. The summed E-state index contributed by atoms with van der Waals surface area (Å²) in [5, 5.41) is 13.8. The van der Waals surface area contributed by atoms with Crippen LogP contribution in [0, 0.1) is 0 Å². The quantitative estimate of drug-likeness (QED) is 0.377. The summed E-state index contributed by atoms with van der Waals surface area (Å²) in [6, 6.07) is 11.4. The molecule has 2 aromatic rings. The first-order valence-corrected chi connectivity index (χ1v) is 8.40. The molecule has 3 rings (SSSR count). The van der Waals surface area contributed by atoms with Gasteiger partial charge in [0, 0.05) is 30.0 Å². The first-order valence-electron chi connectivity index (χ1n) is 8.40. The number of aromatic nitrogens is 1. The number of carbonyl (C=O) groups excluding carboxylic acids is 1. The fourth-order valence-electron chi connectivity index (χ4n) is 2.70. The van der Waals surface area contributed by atoms with Crippen LogP contribution >= 0.6 is 0 Å². The molecule has 0 saturated heterocycles. The number of hydrogen-bond acceptors (Lipinski definition) is 5. The van der Waals surface area contributed by atoms with E-state index in [0.717, 1.165) is 16.7 Å². The number of ketones is 1. The number of carbonyl (C=O) groups is 1. The SMILES string of the molecule is C=C1CC=C(c2cccc(CCON=Cc3cccnc3)c2)C(=O)C1O. The predicted octanol–water partition coefficient (Wildman–Crippen LogP) is 2.95. The third kappa shape index (κ3) is 4.32. The molecule has 1 aromatic carbocycles. The van der Waals surface area contributed by atoms with Gasteiger partial charge in [0.1, 0.15) is 12.7 Å². The van der Waals surface area contributed by atoms with Crippen molar-refractivity contribution < 1.29 is 14.7 Å². The molecule has 1 heterocycles. The minimum Gasteiger partial charge on any atom is -0.395 e. The van der Waals surface area contributed by atoms with Gasteiger partial charge in [-0.1, -0.05) is 48.1 Å². The van der Waals surface area contributed by atoms with Crippen LogP contribution in [-0.2, 0) is 16.1 Å². The number of benzene rings is 1. The summed E-state index contributed by atoms with van der Waals surface area (Å²) in [7, 11) is 0. The Kier molecular flexibility index (Phi) is 5.71. The normalized spacial score (nSPS) is 17.4. The van der Waals surface area contributed by atoms with Crippen molar-refractivity contribution in [2.24, 2.45) is 5.16 Å². The molecule has 1 aliphatic carbocycles. The summed E-state index contributed by atoms with van der Waals surface area (Å²) < 4.78 is 0. The van der Waals surface area contributed by atoms with Crippen LogP contribution in [0.2, 0.25) is 0 Å². The molecule has 0 amide bonds. The number of allylic oxidation sites excluding steroid dienone is 1. The number of nitrogens with zero attached hydrogens (tertiary/aromatic N) is 2. The smallest absolute Gasteiger partial charge is 0.195 e. The van der Waals surface area contributed by atoms with E-state index in [4.69, 9.17) is 4.84 Å². The molecular formula is C21H20N2O3. The first-order chi connectivity index (χ1) is 12.6. The van der Waals surface area contributed by atoms with Gasteiger partial charge in [0.25, 0.3) is 0 Å². The molecule has 1 N–H and O–H groups in total. The lowest BCUT2D eigenvalue weighted by Crippen LogP contribution is -2.26. The summed E-state index contributed by atoms with van der Waals surface area (Å²) in [5.74, 6) is -0.296. The zero-order valence-electron chi connectivity index (χ0n) is 14.3. The molecule has 0 spiro atoms. The third-order valence-electron chi connectivity index (χ3n) is 4.15. The molecule has 132 valence electrons. The Morgan fingerprint density at radius 3 is 3.04 bits per heavy atom. The second-order valence-electron chi connectivity index (χ2n) is 6.05. The molecule has 5 heteroatoms. The van der Waals surface area contributed by atoms with Gasteiger partial charge < -0.3 is 9.94 Å². The predicted molar refractivity (Wildman–Crippen MR) is 101 cm³/mol.